The van der Waals surface area contributed by atoms with Crippen LogP contribution in [0.3, 0.4) is 0 Å². The van der Waals surface area contributed by atoms with Gasteiger partial charge in [-0.15, -0.1) is 24.8 Å². The van der Waals surface area contributed by atoms with E-state index in [0.717, 1.165) is 25.1 Å². The molecule has 6 heteroatoms. The van der Waals surface area contributed by atoms with Gasteiger partial charge < -0.3 is 10.6 Å². The van der Waals surface area contributed by atoms with E-state index in [-0.39, 0.29) is 42.2 Å². The number of hydrogen-bond donors (Lipinski definition) is 1. The van der Waals surface area contributed by atoms with E-state index in [1.165, 1.54) is 0 Å². The third-order valence-corrected chi connectivity index (χ3v) is 4.23. The lowest BCUT2D eigenvalue weighted by molar-refractivity contribution is -0.135. The lowest BCUT2D eigenvalue weighted by Gasteiger charge is -2.29. The summed E-state index contributed by atoms with van der Waals surface area (Å²) in [7, 11) is 3.90. The zero-order chi connectivity index (χ0) is 14.8. The van der Waals surface area contributed by atoms with Crippen molar-refractivity contribution in [2.75, 3.05) is 33.7 Å². The summed E-state index contributed by atoms with van der Waals surface area (Å²) < 4.78 is 0. The Kier molecular flexibility index (Phi) is 8.40. The number of amides is 1. The standard InChI is InChI=1S/C16H25N3O.2ClH/c1-16(11-17)9-10-19(12-16)15(20)14(18(2)3)13-7-5-4-6-8-13;;/h4-8,14H,9-12,17H2,1-3H3;2*1H. The summed E-state index contributed by atoms with van der Waals surface area (Å²) in [6.45, 7) is 4.37. The van der Waals surface area contributed by atoms with Crippen LogP contribution in [-0.4, -0.2) is 49.4 Å². The maximum Gasteiger partial charge on any atom is 0.244 e. The summed E-state index contributed by atoms with van der Waals surface area (Å²) in [5.74, 6) is 0.179. The van der Waals surface area contributed by atoms with Gasteiger partial charge in [-0.2, -0.15) is 0 Å². The number of carbonyl (C=O) groups is 1. The molecule has 126 valence electrons. The second-order valence-electron chi connectivity index (χ2n) is 6.30. The van der Waals surface area contributed by atoms with Gasteiger partial charge in [0.15, 0.2) is 0 Å². The van der Waals surface area contributed by atoms with Crippen molar-refractivity contribution in [3.05, 3.63) is 35.9 Å². The zero-order valence-corrected chi connectivity index (χ0v) is 15.1. The molecular weight excluding hydrogens is 321 g/mol. The van der Waals surface area contributed by atoms with Crippen LogP contribution in [0.5, 0.6) is 0 Å². The molecule has 0 aromatic heterocycles. The fourth-order valence-electron chi connectivity index (χ4n) is 2.85. The first kappa shape index (κ1) is 21.2. The molecule has 2 N–H and O–H groups in total. The highest BCUT2D eigenvalue weighted by molar-refractivity contribution is 5.85. The van der Waals surface area contributed by atoms with Gasteiger partial charge in [0.25, 0.3) is 0 Å². The topological polar surface area (TPSA) is 49.6 Å². The molecule has 1 heterocycles. The van der Waals surface area contributed by atoms with Gasteiger partial charge in [-0.05, 0) is 38.0 Å². The first-order chi connectivity index (χ1) is 9.47. The SMILES string of the molecule is CN(C)C(C(=O)N1CCC(C)(CN)C1)c1ccccc1.Cl.Cl. The van der Waals surface area contributed by atoms with E-state index in [1.807, 2.05) is 54.2 Å². The smallest absolute Gasteiger partial charge is 0.244 e. The number of likely N-dealkylation sites (tertiary alicyclic amines) is 1. The van der Waals surface area contributed by atoms with Crippen molar-refractivity contribution in [2.45, 2.75) is 19.4 Å². The molecule has 2 rings (SSSR count). The predicted octanol–water partition coefficient (Wildman–Crippen LogP) is 2.33. The van der Waals surface area contributed by atoms with Crippen LogP contribution in [0.4, 0.5) is 0 Å². The monoisotopic (exact) mass is 347 g/mol. The molecule has 2 unspecified atom stereocenters. The highest BCUT2D eigenvalue weighted by atomic mass is 35.5. The van der Waals surface area contributed by atoms with Gasteiger partial charge in [0.1, 0.15) is 6.04 Å². The third kappa shape index (κ3) is 4.59. The first-order valence-electron chi connectivity index (χ1n) is 7.17. The summed E-state index contributed by atoms with van der Waals surface area (Å²) >= 11 is 0. The van der Waals surface area contributed by atoms with Gasteiger partial charge in [-0.1, -0.05) is 37.3 Å². The van der Waals surface area contributed by atoms with E-state index in [0.29, 0.717) is 6.54 Å². The summed E-state index contributed by atoms with van der Waals surface area (Å²) in [6, 6.07) is 9.75. The number of halogens is 2. The molecule has 1 aromatic rings. The van der Waals surface area contributed by atoms with Crippen LogP contribution in [-0.2, 0) is 4.79 Å². The van der Waals surface area contributed by atoms with Crippen molar-refractivity contribution in [1.29, 1.82) is 0 Å². The molecule has 1 aliphatic rings. The fraction of sp³-hybridized carbons (Fsp3) is 0.562. The van der Waals surface area contributed by atoms with Crippen LogP contribution < -0.4 is 5.73 Å². The van der Waals surface area contributed by atoms with Crippen LogP contribution in [0.2, 0.25) is 0 Å². The minimum Gasteiger partial charge on any atom is -0.340 e. The molecular formula is C16H27Cl2N3O. The molecule has 1 amide bonds. The molecule has 0 radical (unpaired) electrons. The predicted molar refractivity (Wildman–Crippen MR) is 95.7 cm³/mol. The molecule has 1 aliphatic heterocycles. The Labute approximate surface area is 145 Å². The van der Waals surface area contributed by atoms with E-state index in [4.69, 9.17) is 5.73 Å². The van der Waals surface area contributed by atoms with Gasteiger partial charge in [0, 0.05) is 13.1 Å². The van der Waals surface area contributed by atoms with Crippen molar-refractivity contribution in [3.8, 4) is 0 Å². The molecule has 4 nitrogen and oxygen atoms in total. The molecule has 1 fully saturated rings. The lowest BCUT2D eigenvalue weighted by Crippen LogP contribution is -2.41. The molecule has 0 spiro atoms. The third-order valence-electron chi connectivity index (χ3n) is 4.23. The highest BCUT2D eigenvalue weighted by Gasteiger charge is 2.38. The summed E-state index contributed by atoms with van der Waals surface area (Å²) in [4.78, 5) is 16.8. The minimum atomic E-state index is -0.212. The van der Waals surface area contributed by atoms with E-state index in [9.17, 15) is 4.79 Å². The Hall–Kier alpha value is -0.810. The number of rotatable bonds is 4. The first-order valence-corrected chi connectivity index (χ1v) is 7.17. The molecule has 1 aromatic carbocycles. The van der Waals surface area contributed by atoms with E-state index in [2.05, 4.69) is 6.92 Å². The number of hydrogen-bond acceptors (Lipinski definition) is 3. The quantitative estimate of drug-likeness (QED) is 0.909. The largest absolute Gasteiger partial charge is 0.340 e. The molecule has 0 saturated carbocycles. The zero-order valence-electron chi connectivity index (χ0n) is 13.5. The Balaban J connectivity index is 0.00000220. The van der Waals surface area contributed by atoms with Crippen LogP contribution in [0.15, 0.2) is 30.3 Å². The van der Waals surface area contributed by atoms with Crippen LogP contribution >= 0.6 is 24.8 Å². The average Bonchev–Trinajstić information content (AvgIpc) is 2.83. The Morgan fingerprint density at radius 1 is 1.32 bits per heavy atom. The number of nitrogens with two attached hydrogens (primary N) is 1. The molecule has 2 atom stereocenters. The normalized spacial score (nSPS) is 22.0. The van der Waals surface area contributed by atoms with Crippen molar-refractivity contribution in [2.24, 2.45) is 11.1 Å². The van der Waals surface area contributed by atoms with E-state index in [1.54, 1.807) is 0 Å². The van der Waals surface area contributed by atoms with Crippen LogP contribution in [0.1, 0.15) is 24.9 Å². The second-order valence-corrected chi connectivity index (χ2v) is 6.30. The van der Waals surface area contributed by atoms with Crippen molar-refractivity contribution in [1.82, 2.24) is 9.80 Å². The van der Waals surface area contributed by atoms with Crippen molar-refractivity contribution >= 4 is 30.7 Å². The molecule has 0 bridgehead atoms. The maximum absolute atomic E-state index is 12.8. The molecule has 0 aliphatic carbocycles. The van der Waals surface area contributed by atoms with Crippen molar-refractivity contribution in [3.63, 3.8) is 0 Å². The molecule has 1 saturated heterocycles. The molecule has 22 heavy (non-hydrogen) atoms. The summed E-state index contributed by atoms with van der Waals surface area (Å²) in [5.41, 5.74) is 6.95. The Bertz CT molecular complexity index is 470. The maximum atomic E-state index is 12.8. The summed E-state index contributed by atoms with van der Waals surface area (Å²) in [6.07, 6.45) is 0.990. The van der Waals surface area contributed by atoms with E-state index >= 15 is 0 Å². The Morgan fingerprint density at radius 3 is 2.36 bits per heavy atom. The summed E-state index contributed by atoms with van der Waals surface area (Å²) in [5, 5.41) is 0. The fourth-order valence-corrected chi connectivity index (χ4v) is 2.85. The van der Waals surface area contributed by atoms with Crippen LogP contribution in [0, 0.1) is 5.41 Å². The number of nitrogens with zero attached hydrogens (tertiary/aromatic N) is 2. The average molecular weight is 348 g/mol. The second kappa shape index (κ2) is 8.73. The van der Waals surface area contributed by atoms with Gasteiger partial charge >= 0.3 is 0 Å². The van der Waals surface area contributed by atoms with Crippen LogP contribution in [0.25, 0.3) is 0 Å². The number of benzene rings is 1. The van der Waals surface area contributed by atoms with Gasteiger partial charge in [0.05, 0.1) is 0 Å². The Morgan fingerprint density at radius 2 is 1.91 bits per heavy atom. The number of carbonyl (C=O) groups excluding carboxylic acids is 1. The van der Waals surface area contributed by atoms with Gasteiger partial charge in [-0.3, -0.25) is 9.69 Å². The van der Waals surface area contributed by atoms with Crippen molar-refractivity contribution < 1.29 is 4.79 Å². The van der Waals surface area contributed by atoms with Gasteiger partial charge in [0.2, 0.25) is 5.91 Å². The number of likely N-dealkylation sites (N-methyl/N-ethyl adjacent to an activating group) is 1. The lowest BCUT2D eigenvalue weighted by atomic mass is 9.90. The van der Waals surface area contributed by atoms with Gasteiger partial charge in [-0.25, -0.2) is 0 Å². The van der Waals surface area contributed by atoms with E-state index < -0.39 is 0 Å². The highest BCUT2D eigenvalue weighted by Crippen LogP contribution is 2.31. The minimum absolute atomic E-state index is 0.